The maximum Gasteiger partial charge on any atom is 0.296 e. The van der Waals surface area contributed by atoms with Crippen LogP contribution in [0.3, 0.4) is 0 Å². The number of morpholine rings is 1. The Morgan fingerprint density at radius 3 is 2.59 bits per heavy atom. The van der Waals surface area contributed by atoms with Gasteiger partial charge in [-0.1, -0.05) is 29.8 Å². The lowest BCUT2D eigenvalue weighted by atomic mass is 10.1. The third-order valence-electron chi connectivity index (χ3n) is 7.12. The minimum atomic E-state index is -2.79. The molecule has 2 aliphatic heterocycles. The SMILES string of the molecule is Cc1cccc(C(=O)N2CC[C@H](Nc3nc(N4CCOCC4)cc(-n4c(C(F)F)nc5ccccc54)n3)C2)c1. The largest absolute Gasteiger partial charge is 0.378 e. The number of para-hydroxylation sites is 2. The number of amides is 1. The Labute approximate surface area is 224 Å². The van der Waals surface area contributed by atoms with Crippen LogP contribution in [0.4, 0.5) is 20.5 Å². The van der Waals surface area contributed by atoms with Crippen molar-refractivity contribution in [2.45, 2.75) is 25.8 Å². The number of halogens is 2. The molecule has 0 spiro atoms. The first kappa shape index (κ1) is 25.2. The molecule has 39 heavy (non-hydrogen) atoms. The number of carbonyl (C=O) groups excluding carboxylic acids is 1. The molecule has 1 amide bonds. The maximum absolute atomic E-state index is 14.1. The number of anilines is 2. The number of aromatic nitrogens is 4. The fraction of sp³-hybridized carbons (Fsp3) is 0.357. The lowest BCUT2D eigenvalue weighted by Gasteiger charge is -2.28. The van der Waals surface area contributed by atoms with Gasteiger partial charge in [0.15, 0.2) is 5.82 Å². The fourth-order valence-corrected chi connectivity index (χ4v) is 5.19. The second-order valence-electron chi connectivity index (χ2n) is 9.85. The van der Waals surface area contributed by atoms with Gasteiger partial charge in [-0.05, 0) is 37.6 Å². The molecular weight excluding hydrogens is 504 g/mol. The Hall–Kier alpha value is -4.12. The van der Waals surface area contributed by atoms with E-state index in [1.165, 1.54) is 4.57 Å². The quantitative estimate of drug-likeness (QED) is 0.397. The van der Waals surface area contributed by atoms with Crippen molar-refractivity contribution in [1.82, 2.24) is 24.4 Å². The zero-order valence-corrected chi connectivity index (χ0v) is 21.6. The maximum atomic E-state index is 14.1. The molecule has 9 nitrogen and oxygen atoms in total. The smallest absolute Gasteiger partial charge is 0.296 e. The predicted octanol–water partition coefficient (Wildman–Crippen LogP) is 4.22. The van der Waals surface area contributed by atoms with Crippen molar-refractivity contribution in [1.29, 1.82) is 0 Å². The first-order valence-electron chi connectivity index (χ1n) is 13.1. The van der Waals surface area contributed by atoms with Gasteiger partial charge in [0.25, 0.3) is 12.3 Å². The summed E-state index contributed by atoms with van der Waals surface area (Å²) in [6.07, 6.45) is -2.07. The van der Waals surface area contributed by atoms with E-state index in [9.17, 15) is 13.6 Å². The average Bonchev–Trinajstić information content (AvgIpc) is 3.58. The number of nitrogens with zero attached hydrogens (tertiary/aromatic N) is 6. The van der Waals surface area contributed by atoms with E-state index in [4.69, 9.17) is 9.72 Å². The first-order chi connectivity index (χ1) is 19.0. The molecule has 1 N–H and O–H groups in total. The van der Waals surface area contributed by atoms with Crippen molar-refractivity contribution in [3.63, 3.8) is 0 Å². The highest BCUT2D eigenvalue weighted by Gasteiger charge is 2.29. The Bertz CT molecular complexity index is 1500. The number of hydrogen-bond acceptors (Lipinski definition) is 7. The highest BCUT2D eigenvalue weighted by Crippen LogP contribution is 2.29. The molecule has 202 valence electrons. The highest BCUT2D eigenvalue weighted by atomic mass is 19.3. The zero-order valence-electron chi connectivity index (χ0n) is 21.6. The predicted molar refractivity (Wildman–Crippen MR) is 144 cm³/mol. The Balaban J connectivity index is 1.32. The number of likely N-dealkylation sites (tertiary alicyclic amines) is 1. The van der Waals surface area contributed by atoms with Crippen LogP contribution >= 0.6 is 0 Å². The second kappa shape index (κ2) is 10.6. The summed E-state index contributed by atoms with van der Waals surface area (Å²) < 4.78 is 35.1. The van der Waals surface area contributed by atoms with Gasteiger partial charge in [0.2, 0.25) is 5.95 Å². The minimum absolute atomic E-state index is 0.0156. The van der Waals surface area contributed by atoms with Crippen molar-refractivity contribution in [2.75, 3.05) is 49.6 Å². The molecule has 2 fully saturated rings. The van der Waals surface area contributed by atoms with E-state index in [1.54, 1.807) is 30.3 Å². The van der Waals surface area contributed by atoms with Crippen LogP contribution in [0.15, 0.2) is 54.6 Å². The Morgan fingerprint density at radius 2 is 1.79 bits per heavy atom. The number of rotatable bonds is 6. The van der Waals surface area contributed by atoms with Crippen molar-refractivity contribution < 1.29 is 18.3 Å². The van der Waals surface area contributed by atoms with Gasteiger partial charge in [-0.2, -0.15) is 9.97 Å². The minimum Gasteiger partial charge on any atom is -0.378 e. The van der Waals surface area contributed by atoms with Gasteiger partial charge >= 0.3 is 0 Å². The third-order valence-corrected chi connectivity index (χ3v) is 7.12. The van der Waals surface area contributed by atoms with Crippen molar-refractivity contribution >= 4 is 28.7 Å². The Kier molecular flexibility index (Phi) is 6.82. The van der Waals surface area contributed by atoms with Gasteiger partial charge in [-0.25, -0.2) is 13.8 Å². The van der Waals surface area contributed by atoms with Gasteiger partial charge < -0.3 is 19.9 Å². The number of hydrogen-bond donors (Lipinski definition) is 1. The summed E-state index contributed by atoms with van der Waals surface area (Å²) in [4.78, 5) is 30.5. The molecule has 4 aromatic rings. The van der Waals surface area contributed by atoms with Gasteiger partial charge in [0.1, 0.15) is 11.6 Å². The van der Waals surface area contributed by atoms with E-state index >= 15 is 0 Å². The number of nitrogens with one attached hydrogen (secondary N) is 1. The molecule has 0 radical (unpaired) electrons. The van der Waals surface area contributed by atoms with Crippen molar-refractivity contribution in [3.8, 4) is 5.82 Å². The summed E-state index contributed by atoms with van der Waals surface area (Å²) >= 11 is 0. The molecular formula is C28H29F2N7O2. The molecule has 0 saturated carbocycles. The van der Waals surface area contributed by atoms with Gasteiger partial charge in [-0.3, -0.25) is 9.36 Å². The summed E-state index contributed by atoms with van der Waals surface area (Å²) in [5.41, 5.74) is 2.71. The van der Waals surface area contributed by atoms with E-state index in [1.807, 2.05) is 36.1 Å². The molecule has 2 aromatic carbocycles. The Morgan fingerprint density at radius 1 is 1.00 bits per heavy atom. The lowest BCUT2D eigenvalue weighted by molar-refractivity contribution is 0.0791. The summed E-state index contributed by atoms with van der Waals surface area (Å²) in [6.45, 7) is 5.42. The monoisotopic (exact) mass is 533 g/mol. The molecule has 2 aromatic heterocycles. The van der Waals surface area contributed by atoms with Crippen LogP contribution in [0.2, 0.25) is 0 Å². The molecule has 6 rings (SSSR count). The van der Waals surface area contributed by atoms with Gasteiger partial charge in [0.05, 0.1) is 24.2 Å². The molecule has 0 unspecified atom stereocenters. The van der Waals surface area contributed by atoms with Gasteiger partial charge in [0, 0.05) is 43.9 Å². The second-order valence-corrected chi connectivity index (χ2v) is 9.85. The van der Waals surface area contributed by atoms with Crippen LogP contribution in [-0.4, -0.2) is 75.8 Å². The number of aryl methyl sites for hydroxylation is 1. The molecule has 11 heteroatoms. The zero-order chi connectivity index (χ0) is 26.9. The van der Waals surface area contributed by atoms with E-state index in [0.717, 1.165) is 5.56 Å². The van der Waals surface area contributed by atoms with E-state index in [0.29, 0.717) is 80.0 Å². The van der Waals surface area contributed by atoms with Crippen molar-refractivity contribution in [2.24, 2.45) is 0 Å². The molecule has 1 atom stereocenters. The number of carbonyl (C=O) groups is 1. The fourth-order valence-electron chi connectivity index (χ4n) is 5.19. The van der Waals surface area contributed by atoms with Gasteiger partial charge in [-0.15, -0.1) is 0 Å². The van der Waals surface area contributed by atoms with Crippen LogP contribution < -0.4 is 10.2 Å². The van der Waals surface area contributed by atoms with Crippen LogP contribution in [0.1, 0.15) is 34.6 Å². The molecule has 4 heterocycles. The van der Waals surface area contributed by atoms with E-state index in [2.05, 4.69) is 20.2 Å². The summed E-state index contributed by atoms with van der Waals surface area (Å²) in [7, 11) is 0. The van der Waals surface area contributed by atoms with Crippen LogP contribution in [0, 0.1) is 6.92 Å². The number of fused-ring (bicyclic) bond motifs is 1. The number of ether oxygens (including phenoxy) is 1. The van der Waals surface area contributed by atoms with Crippen molar-refractivity contribution in [3.05, 3.63) is 71.5 Å². The number of imidazole rings is 1. The lowest BCUT2D eigenvalue weighted by Crippen LogP contribution is -2.37. The first-order valence-corrected chi connectivity index (χ1v) is 13.1. The summed E-state index contributed by atoms with van der Waals surface area (Å²) in [5.74, 6) is 0.864. The highest BCUT2D eigenvalue weighted by molar-refractivity contribution is 5.94. The molecule has 2 saturated heterocycles. The van der Waals surface area contributed by atoms with E-state index in [-0.39, 0.29) is 17.8 Å². The molecule has 0 bridgehead atoms. The summed E-state index contributed by atoms with van der Waals surface area (Å²) in [6, 6.07) is 16.2. The average molecular weight is 534 g/mol. The van der Waals surface area contributed by atoms with Crippen LogP contribution in [0.5, 0.6) is 0 Å². The molecule has 2 aliphatic rings. The number of alkyl halides is 2. The van der Waals surface area contributed by atoms with E-state index < -0.39 is 6.43 Å². The normalized spacial score (nSPS) is 17.8. The molecule has 0 aliphatic carbocycles. The number of benzene rings is 2. The van der Waals surface area contributed by atoms with Crippen LogP contribution in [-0.2, 0) is 4.74 Å². The third kappa shape index (κ3) is 5.14. The van der Waals surface area contributed by atoms with Crippen LogP contribution in [0.25, 0.3) is 16.9 Å². The standard InChI is InChI=1S/C28H29F2N7O2/c1-18-5-4-6-19(15-18)27(38)36-10-9-20(17-36)31-28-33-23(35-11-13-39-14-12-35)16-24(34-28)37-22-8-3-2-7-21(22)32-26(37)25(29)30/h2-8,15-16,20,25H,9-14,17H2,1H3,(H,31,33,34)/t20-/m0/s1. The summed E-state index contributed by atoms with van der Waals surface area (Å²) in [5, 5.41) is 3.37. The topological polar surface area (TPSA) is 88.4 Å².